The van der Waals surface area contributed by atoms with E-state index in [1.807, 2.05) is 18.2 Å². The van der Waals surface area contributed by atoms with Crippen molar-refractivity contribution in [3.63, 3.8) is 0 Å². The largest absolute Gasteiger partial charge is 0.493 e. The molecule has 6 nitrogen and oxygen atoms in total. The van der Waals surface area contributed by atoms with Gasteiger partial charge in [-0.05, 0) is 31.0 Å². The Morgan fingerprint density at radius 3 is 2.90 bits per heavy atom. The highest BCUT2D eigenvalue weighted by Gasteiger charge is 2.21. The van der Waals surface area contributed by atoms with Gasteiger partial charge in [-0.2, -0.15) is 0 Å². The number of rotatable bonds is 6. The number of aliphatic imine (C=N–C) groups is 1. The molecule has 7 heteroatoms. The smallest absolute Gasteiger partial charge is 0.189 e. The average molecular weight is 523 g/mol. The topological polar surface area (TPSA) is 78.1 Å². The molecule has 162 valence electrons. The van der Waals surface area contributed by atoms with E-state index in [0.717, 1.165) is 48.7 Å². The lowest BCUT2D eigenvalue weighted by Crippen LogP contribution is -2.37. The lowest BCUT2D eigenvalue weighted by atomic mass is 10.0. The Hall–Kier alpha value is -2.00. The highest BCUT2D eigenvalue weighted by Crippen LogP contribution is 2.31. The third-order valence-corrected chi connectivity index (χ3v) is 5.42. The maximum absolute atomic E-state index is 6.20. The number of nitrogens with two attached hydrogens (primary N) is 1. The number of aryl methyl sites for hydroxylation is 1. The summed E-state index contributed by atoms with van der Waals surface area (Å²) in [6.45, 7) is 5.49. The molecule has 2 unspecified atom stereocenters. The van der Waals surface area contributed by atoms with Gasteiger partial charge in [0.2, 0.25) is 0 Å². The highest BCUT2D eigenvalue weighted by atomic mass is 127. The number of hydrogen-bond acceptors (Lipinski definition) is 4. The van der Waals surface area contributed by atoms with Gasteiger partial charge in [-0.15, -0.1) is 24.0 Å². The molecule has 2 aromatic rings. The van der Waals surface area contributed by atoms with Crippen LogP contribution >= 0.6 is 24.0 Å². The molecule has 2 aliphatic heterocycles. The number of nitrogens with one attached hydrogen (secondary N) is 1. The van der Waals surface area contributed by atoms with E-state index in [1.165, 1.54) is 5.56 Å². The number of hydrogen-bond donors (Lipinski definition) is 2. The lowest BCUT2D eigenvalue weighted by molar-refractivity contribution is 0.166. The van der Waals surface area contributed by atoms with Crippen LogP contribution in [0.2, 0.25) is 0 Å². The predicted molar refractivity (Wildman–Crippen MR) is 129 cm³/mol. The molecule has 2 aliphatic rings. The minimum Gasteiger partial charge on any atom is -0.493 e. The fourth-order valence-electron chi connectivity index (χ4n) is 3.74. The van der Waals surface area contributed by atoms with E-state index in [9.17, 15) is 0 Å². The molecule has 1 fully saturated rings. The summed E-state index contributed by atoms with van der Waals surface area (Å²) in [7, 11) is 0. The van der Waals surface area contributed by atoms with Crippen LogP contribution in [0.5, 0.6) is 11.5 Å². The van der Waals surface area contributed by atoms with E-state index < -0.39 is 0 Å². The van der Waals surface area contributed by atoms with Gasteiger partial charge >= 0.3 is 0 Å². The summed E-state index contributed by atoms with van der Waals surface area (Å²) in [4.78, 5) is 4.57. The molecular weight excluding hydrogens is 493 g/mol. The summed E-state index contributed by atoms with van der Waals surface area (Å²) in [5.41, 5.74) is 9.53. The maximum atomic E-state index is 6.20. The zero-order chi connectivity index (χ0) is 20.1. The minimum atomic E-state index is 0. The Labute approximate surface area is 195 Å². The van der Waals surface area contributed by atoms with Gasteiger partial charge in [-0.3, -0.25) is 0 Å². The molecule has 2 aromatic carbocycles. The molecule has 0 spiro atoms. The number of benzene rings is 2. The molecule has 0 amide bonds. The van der Waals surface area contributed by atoms with Crippen molar-refractivity contribution in [1.82, 2.24) is 5.32 Å². The van der Waals surface area contributed by atoms with Crippen molar-refractivity contribution in [3.05, 3.63) is 59.2 Å². The van der Waals surface area contributed by atoms with Crippen LogP contribution in [0.4, 0.5) is 0 Å². The van der Waals surface area contributed by atoms with E-state index >= 15 is 0 Å². The fraction of sp³-hybridized carbons (Fsp3) is 0.435. The molecule has 2 atom stereocenters. The Morgan fingerprint density at radius 2 is 2.07 bits per heavy atom. The zero-order valence-electron chi connectivity index (χ0n) is 17.3. The number of para-hydroxylation sites is 1. The van der Waals surface area contributed by atoms with Crippen LogP contribution < -0.4 is 20.5 Å². The first kappa shape index (κ1) is 22.7. The quantitative estimate of drug-likeness (QED) is 0.341. The second kappa shape index (κ2) is 10.9. The van der Waals surface area contributed by atoms with Crippen molar-refractivity contribution in [1.29, 1.82) is 0 Å². The summed E-state index contributed by atoms with van der Waals surface area (Å²) in [5, 5.41) is 3.34. The van der Waals surface area contributed by atoms with Gasteiger partial charge in [0, 0.05) is 30.1 Å². The molecule has 0 aliphatic carbocycles. The van der Waals surface area contributed by atoms with Gasteiger partial charge in [-0.1, -0.05) is 30.3 Å². The summed E-state index contributed by atoms with van der Waals surface area (Å²) in [6.07, 6.45) is 1.92. The van der Waals surface area contributed by atoms with Gasteiger partial charge in [-0.25, -0.2) is 4.99 Å². The monoisotopic (exact) mass is 523 g/mol. The SMILES string of the molecule is Cc1ccc(CN=C(N)NC2CCOc3ccccc32)c(OCC2CCOC2)c1.I. The number of ether oxygens (including phenoxy) is 3. The summed E-state index contributed by atoms with van der Waals surface area (Å²) < 4.78 is 17.3. The molecule has 0 radical (unpaired) electrons. The Kier molecular flexibility index (Phi) is 8.21. The van der Waals surface area contributed by atoms with Gasteiger partial charge < -0.3 is 25.3 Å². The first-order valence-corrected chi connectivity index (χ1v) is 10.3. The molecule has 2 heterocycles. The van der Waals surface area contributed by atoms with Crippen LogP contribution in [0.1, 0.15) is 35.6 Å². The van der Waals surface area contributed by atoms with Crippen LogP contribution in [0.25, 0.3) is 0 Å². The highest BCUT2D eigenvalue weighted by molar-refractivity contribution is 14.0. The first-order chi connectivity index (χ1) is 14.2. The Morgan fingerprint density at radius 1 is 1.20 bits per heavy atom. The second-order valence-corrected chi connectivity index (χ2v) is 7.73. The second-order valence-electron chi connectivity index (χ2n) is 7.73. The molecule has 0 aromatic heterocycles. The van der Waals surface area contributed by atoms with E-state index in [0.29, 0.717) is 31.6 Å². The van der Waals surface area contributed by atoms with Gasteiger partial charge in [0.1, 0.15) is 11.5 Å². The fourth-order valence-corrected chi connectivity index (χ4v) is 3.74. The van der Waals surface area contributed by atoms with E-state index in [2.05, 4.69) is 41.5 Å². The van der Waals surface area contributed by atoms with Gasteiger partial charge in [0.25, 0.3) is 0 Å². The molecule has 1 saturated heterocycles. The molecule has 0 bridgehead atoms. The average Bonchev–Trinajstić information content (AvgIpc) is 3.25. The van der Waals surface area contributed by atoms with Crippen LogP contribution in [0.15, 0.2) is 47.5 Å². The molecular formula is C23H30IN3O3. The third-order valence-electron chi connectivity index (χ3n) is 5.42. The van der Waals surface area contributed by atoms with E-state index in [1.54, 1.807) is 0 Å². The lowest BCUT2D eigenvalue weighted by Gasteiger charge is -2.27. The maximum Gasteiger partial charge on any atom is 0.189 e. The first-order valence-electron chi connectivity index (χ1n) is 10.3. The minimum absolute atomic E-state index is 0. The van der Waals surface area contributed by atoms with E-state index in [-0.39, 0.29) is 30.0 Å². The number of fused-ring (bicyclic) bond motifs is 1. The van der Waals surface area contributed by atoms with Crippen molar-refractivity contribution in [2.24, 2.45) is 16.6 Å². The summed E-state index contributed by atoms with van der Waals surface area (Å²) in [5.74, 6) is 2.69. The number of halogens is 1. The third kappa shape index (κ3) is 5.78. The normalized spacial score (nSPS) is 20.6. The van der Waals surface area contributed by atoms with Crippen LogP contribution in [0.3, 0.4) is 0 Å². The Balaban J connectivity index is 0.00000256. The molecule has 30 heavy (non-hydrogen) atoms. The summed E-state index contributed by atoms with van der Waals surface area (Å²) in [6, 6.07) is 14.4. The van der Waals surface area contributed by atoms with Crippen molar-refractivity contribution in [2.45, 2.75) is 32.4 Å². The Bertz CT molecular complexity index is 869. The number of guanidine groups is 1. The standard InChI is InChI=1S/C23H29N3O3.HI/c1-16-6-7-18(22(12-16)29-15-17-8-10-27-14-17)13-25-23(24)26-20-9-11-28-21-5-3-2-4-19(20)21;/h2-7,12,17,20H,8-11,13-15H2,1H3,(H3,24,25,26);1H. The van der Waals surface area contributed by atoms with Crippen LogP contribution in [-0.2, 0) is 11.3 Å². The van der Waals surface area contributed by atoms with Crippen molar-refractivity contribution in [3.8, 4) is 11.5 Å². The zero-order valence-corrected chi connectivity index (χ0v) is 19.6. The summed E-state index contributed by atoms with van der Waals surface area (Å²) >= 11 is 0. The van der Waals surface area contributed by atoms with Crippen molar-refractivity contribution < 1.29 is 14.2 Å². The predicted octanol–water partition coefficient (Wildman–Crippen LogP) is 3.96. The van der Waals surface area contributed by atoms with Gasteiger partial charge in [0.15, 0.2) is 5.96 Å². The van der Waals surface area contributed by atoms with Crippen molar-refractivity contribution >= 4 is 29.9 Å². The number of nitrogens with zero attached hydrogens (tertiary/aromatic N) is 1. The van der Waals surface area contributed by atoms with E-state index in [4.69, 9.17) is 19.9 Å². The molecule has 4 rings (SSSR count). The molecule has 3 N–H and O–H groups in total. The van der Waals surface area contributed by atoms with Crippen LogP contribution in [-0.4, -0.2) is 32.4 Å². The van der Waals surface area contributed by atoms with Gasteiger partial charge in [0.05, 0.1) is 32.4 Å². The molecule has 0 saturated carbocycles. The van der Waals surface area contributed by atoms with Crippen molar-refractivity contribution in [2.75, 3.05) is 26.4 Å². The van der Waals surface area contributed by atoms with Crippen LogP contribution in [0, 0.1) is 12.8 Å².